The van der Waals surface area contributed by atoms with Crippen LogP contribution in [0.15, 0.2) is 24.4 Å². The van der Waals surface area contributed by atoms with Gasteiger partial charge in [0.05, 0.1) is 5.39 Å². The summed E-state index contributed by atoms with van der Waals surface area (Å²) in [6.07, 6.45) is 1.65. The van der Waals surface area contributed by atoms with E-state index in [2.05, 4.69) is 21.8 Å². The van der Waals surface area contributed by atoms with Crippen molar-refractivity contribution >= 4 is 22.3 Å². The van der Waals surface area contributed by atoms with Crippen LogP contribution in [0.2, 0.25) is 0 Å². The maximum absolute atomic E-state index is 13.9. The quantitative estimate of drug-likeness (QED) is 0.793. The van der Waals surface area contributed by atoms with E-state index >= 15 is 0 Å². The molecule has 1 aliphatic heterocycles. The summed E-state index contributed by atoms with van der Waals surface area (Å²) in [4.78, 5) is 8.87. The van der Waals surface area contributed by atoms with Crippen molar-refractivity contribution in [2.75, 3.05) is 43.9 Å². The Morgan fingerprint density at radius 3 is 2.63 bits per heavy atom. The summed E-state index contributed by atoms with van der Waals surface area (Å²) in [6, 6.07) is 4.70. The number of nitrogens with zero attached hydrogens (tertiary/aromatic N) is 3. The van der Waals surface area contributed by atoms with Crippen molar-refractivity contribution in [1.82, 2.24) is 9.88 Å². The molecule has 2 aromatic rings. The Balaban J connectivity index is 2.11. The van der Waals surface area contributed by atoms with Gasteiger partial charge in [0.15, 0.2) is 0 Å². The second-order valence-corrected chi connectivity index (χ2v) is 4.98. The number of rotatable bonds is 1. The number of halogens is 1. The summed E-state index contributed by atoms with van der Waals surface area (Å²) in [5.74, 6) is 0.546. The molecule has 0 saturated carbocycles. The fraction of sp³-hybridized carbons (Fsp3) is 0.357. The van der Waals surface area contributed by atoms with Crippen molar-refractivity contribution in [3.05, 3.63) is 30.2 Å². The van der Waals surface area contributed by atoms with Gasteiger partial charge in [0, 0.05) is 43.4 Å². The SMILES string of the molecule is CN1CCN(c2nccc3c(F)ccc(N)c23)CC1. The molecule has 0 bridgehead atoms. The fourth-order valence-electron chi connectivity index (χ4n) is 2.53. The van der Waals surface area contributed by atoms with Gasteiger partial charge in [-0.15, -0.1) is 0 Å². The van der Waals surface area contributed by atoms with E-state index in [-0.39, 0.29) is 5.82 Å². The molecule has 0 amide bonds. The summed E-state index contributed by atoms with van der Waals surface area (Å²) in [5.41, 5.74) is 6.60. The van der Waals surface area contributed by atoms with Gasteiger partial charge in [-0.1, -0.05) is 0 Å². The van der Waals surface area contributed by atoms with E-state index in [9.17, 15) is 4.39 Å². The zero-order valence-corrected chi connectivity index (χ0v) is 10.9. The van der Waals surface area contributed by atoms with Gasteiger partial charge in [-0.3, -0.25) is 0 Å². The number of piperazine rings is 1. The number of hydrogen-bond donors (Lipinski definition) is 1. The minimum Gasteiger partial charge on any atom is -0.398 e. The third kappa shape index (κ3) is 2.10. The van der Waals surface area contributed by atoms with Crippen LogP contribution >= 0.6 is 0 Å². The highest BCUT2D eigenvalue weighted by Gasteiger charge is 2.19. The lowest BCUT2D eigenvalue weighted by molar-refractivity contribution is 0.312. The fourth-order valence-corrected chi connectivity index (χ4v) is 2.53. The number of hydrogen-bond acceptors (Lipinski definition) is 4. The largest absolute Gasteiger partial charge is 0.398 e. The Hall–Kier alpha value is -1.88. The number of nitrogens with two attached hydrogens (primary N) is 1. The number of likely N-dealkylation sites (N-methyl/N-ethyl adjacent to an activating group) is 1. The van der Waals surface area contributed by atoms with Crippen LogP contribution in [0.5, 0.6) is 0 Å². The van der Waals surface area contributed by atoms with Gasteiger partial charge >= 0.3 is 0 Å². The van der Waals surface area contributed by atoms with E-state index in [4.69, 9.17) is 5.73 Å². The summed E-state index contributed by atoms with van der Waals surface area (Å²) >= 11 is 0. The molecule has 1 fully saturated rings. The molecule has 1 saturated heterocycles. The minimum absolute atomic E-state index is 0.248. The third-order valence-corrected chi connectivity index (χ3v) is 3.69. The Labute approximate surface area is 111 Å². The van der Waals surface area contributed by atoms with Crippen LogP contribution in [-0.2, 0) is 0 Å². The number of fused-ring (bicyclic) bond motifs is 1. The topological polar surface area (TPSA) is 45.4 Å². The van der Waals surface area contributed by atoms with Crippen molar-refractivity contribution in [2.45, 2.75) is 0 Å². The zero-order valence-electron chi connectivity index (χ0n) is 10.9. The van der Waals surface area contributed by atoms with Crippen LogP contribution in [0, 0.1) is 5.82 Å². The Kier molecular flexibility index (Phi) is 2.98. The van der Waals surface area contributed by atoms with Crippen LogP contribution in [0.3, 0.4) is 0 Å². The first-order valence-corrected chi connectivity index (χ1v) is 6.43. The molecular formula is C14H17FN4. The first-order valence-electron chi connectivity index (χ1n) is 6.43. The standard InChI is InChI=1S/C14H17FN4/c1-18-6-8-19(9-7-18)14-13-10(4-5-17-14)11(15)2-3-12(13)16/h2-5H,6-9,16H2,1H3. The highest BCUT2D eigenvalue weighted by molar-refractivity contribution is 6.01. The minimum atomic E-state index is -0.248. The molecule has 19 heavy (non-hydrogen) atoms. The Morgan fingerprint density at radius 1 is 1.16 bits per heavy atom. The highest BCUT2D eigenvalue weighted by atomic mass is 19.1. The van der Waals surface area contributed by atoms with Gasteiger partial charge in [-0.05, 0) is 25.2 Å². The molecule has 0 aliphatic carbocycles. The Morgan fingerprint density at radius 2 is 1.89 bits per heavy atom. The lowest BCUT2D eigenvalue weighted by Crippen LogP contribution is -2.44. The molecule has 0 spiro atoms. The van der Waals surface area contributed by atoms with Gasteiger partial charge in [0.2, 0.25) is 0 Å². The third-order valence-electron chi connectivity index (χ3n) is 3.69. The number of nitrogen functional groups attached to an aromatic ring is 1. The molecule has 4 nitrogen and oxygen atoms in total. The van der Waals surface area contributed by atoms with E-state index in [0.717, 1.165) is 37.4 Å². The second kappa shape index (κ2) is 4.66. The van der Waals surface area contributed by atoms with Crippen LogP contribution in [0.1, 0.15) is 0 Å². The molecular weight excluding hydrogens is 243 g/mol. The highest BCUT2D eigenvalue weighted by Crippen LogP contribution is 2.31. The maximum Gasteiger partial charge on any atom is 0.138 e. The van der Waals surface area contributed by atoms with Crippen molar-refractivity contribution in [1.29, 1.82) is 0 Å². The van der Waals surface area contributed by atoms with Crippen molar-refractivity contribution in [3.8, 4) is 0 Å². The smallest absolute Gasteiger partial charge is 0.138 e. The second-order valence-electron chi connectivity index (χ2n) is 4.98. The molecule has 2 N–H and O–H groups in total. The van der Waals surface area contributed by atoms with E-state index in [0.29, 0.717) is 11.1 Å². The average molecular weight is 260 g/mol. The first-order chi connectivity index (χ1) is 9.16. The zero-order chi connectivity index (χ0) is 13.4. The van der Waals surface area contributed by atoms with Gasteiger partial charge in [-0.2, -0.15) is 0 Å². The molecule has 1 aromatic heterocycles. The van der Waals surface area contributed by atoms with Crippen molar-refractivity contribution in [3.63, 3.8) is 0 Å². The van der Waals surface area contributed by atoms with Crippen LogP contribution < -0.4 is 10.6 Å². The molecule has 0 unspecified atom stereocenters. The molecule has 0 atom stereocenters. The lowest BCUT2D eigenvalue weighted by atomic mass is 10.1. The molecule has 1 aliphatic rings. The van der Waals surface area contributed by atoms with E-state index in [1.807, 2.05) is 0 Å². The van der Waals surface area contributed by atoms with Crippen molar-refractivity contribution < 1.29 is 4.39 Å². The molecule has 5 heteroatoms. The van der Waals surface area contributed by atoms with E-state index in [1.54, 1.807) is 18.3 Å². The number of benzene rings is 1. The predicted octanol–water partition coefficient (Wildman–Crippen LogP) is 1.71. The molecule has 0 radical (unpaired) electrons. The summed E-state index contributed by atoms with van der Waals surface area (Å²) in [6.45, 7) is 3.73. The molecule has 3 rings (SSSR count). The van der Waals surface area contributed by atoms with E-state index in [1.165, 1.54) is 6.07 Å². The monoisotopic (exact) mass is 260 g/mol. The van der Waals surface area contributed by atoms with Crippen LogP contribution in [0.4, 0.5) is 15.9 Å². The van der Waals surface area contributed by atoms with Crippen LogP contribution in [-0.4, -0.2) is 43.1 Å². The lowest BCUT2D eigenvalue weighted by Gasteiger charge is -2.33. The Bertz CT molecular complexity index is 606. The average Bonchev–Trinajstić information content (AvgIpc) is 2.43. The van der Waals surface area contributed by atoms with Gasteiger partial charge < -0.3 is 15.5 Å². The summed E-state index contributed by atoms with van der Waals surface area (Å²) < 4.78 is 13.9. The van der Waals surface area contributed by atoms with Gasteiger partial charge in [-0.25, -0.2) is 9.37 Å². The number of anilines is 2. The summed E-state index contributed by atoms with van der Waals surface area (Å²) in [7, 11) is 2.10. The van der Waals surface area contributed by atoms with Crippen LogP contribution in [0.25, 0.3) is 10.8 Å². The predicted molar refractivity (Wildman–Crippen MR) is 75.8 cm³/mol. The van der Waals surface area contributed by atoms with Gasteiger partial charge in [0.25, 0.3) is 0 Å². The molecule has 100 valence electrons. The molecule has 2 heterocycles. The normalized spacial score (nSPS) is 17.1. The van der Waals surface area contributed by atoms with E-state index < -0.39 is 0 Å². The van der Waals surface area contributed by atoms with Crippen molar-refractivity contribution in [2.24, 2.45) is 0 Å². The summed E-state index contributed by atoms with van der Waals surface area (Å²) in [5, 5.41) is 1.27. The number of pyridine rings is 1. The number of aromatic nitrogens is 1. The molecule has 1 aromatic carbocycles. The maximum atomic E-state index is 13.9. The van der Waals surface area contributed by atoms with Gasteiger partial charge in [0.1, 0.15) is 11.6 Å². The first kappa shape index (κ1) is 12.2.